The topological polar surface area (TPSA) is 103 Å². The lowest BCUT2D eigenvalue weighted by atomic mass is 9.88. The van der Waals surface area contributed by atoms with Crippen LogP contribution in [-0.2, 0) is 14.4 Å². The highest BCUT2D eigenvalue weighted by Crippen LogP contribution is 2.10. The number of hydrogen-bond acceptors (Lipinski definition) is 5. The average molecular weight is 214 g/mol. The molecule has 0 rings (SSSR count). The molecule has 0 amide bonds. The molecule has 15 heavy (non-hydrogen) atoms. The first-order chi connectivity index (χ1) is 6.90. The number of ketones is 3. The first-order valence-electron chi connectivity index (χ1n) is 4.88. The van der Waals surface area contributed by atoms with Crippen LogP contribution >= 0.6 is 0 Å². The molecular weight excluding hydrogens is 196 g/mol. The van der Waals surface area contributed by atoms with Crippen molar-refractivity contribution in [1.29, 1.82) is 0 Å². The molecule has 2 unspecified atom stereocenters. The van der Waals surface area contributed by atoms with E-state index in [4.69, 9.17) is 11.5 Å². The highest BCUT2D eigenvalue weighted by molar-refractivity contribution is 6.09. The smallest absolute Gasteiger partial charge is 0.152 e. The zero-order valence-corrected chi connectivity index (χ0v) is 9.16. The maximum absolute atomic E-state index is 11.5. The van der Waals surface area contributed by atoms with Crippen LogP contribution in [-0.4, -0.2) is 29.9 Å². The lowest BCUT2D eigenvalue weighted by Gasteiger charge is -2.19. The van der Waals surface area contributed by atoms with E-state index >= 15 is 0 Å². The maximum Gasteiger partial charge on any atom is 0.152 e. The minimum Gasteiger partial charge on any atom is -0.330 e. The minimum atomic E-state index is -0.891. The van der Waals surface area contributed by atoms with Crippen LogP contribution in [0.2, 0.25) is 0 Å². The molecule has 0 radical (unpaired) electrons. The van der Waals surface area contributed by atoms with Gasteiger partial charge in [-0.25, -0.2) is 0 Å². The molecule has 0 saturated carbocycles. The highest BCUT2D eigenvalue weighted by atomic mass is 16.2. The van der Waals surface area contributed by atoms with Gasteiger partial charge in [0.25, 0.3) is 0 Å². The molecule has 0 aliphatic carbocycles. The van der Waals surface area contributed by atoms with Gasteiger partial charge in [0.05, 0.1) is 12.3 Å². The van der Waals surface area contributed by atoms with Crippen molar-refractivity contribution in [3.05, 3.63) is 0 Å². The largest absolute Gasteiger partial charge is 0.330 e. The first-order valence-corrected chi connectivity index (χ1v) is 4.88. The number of hydrogen-bond donors (Lipinski definition) is 2. The molecule has 0 aromatic carbocycles. The summed E-state index contributed by atoms with van der Waals surface area (Å²) >= 11 is 0. The Morgan fingerprint density at radius 3 is 2.07 bits per heavy atom. The number of carbonyl (C=O) groups excluding carboxylic acids is 3. The Kier molecular flexibility index (Phi) is 5.96. The molecule has 0 fully saturated rings. The molecule has 0 bridgehead atoms. The van der Waals surface area contributed by atoms with Crippen LogP contribution < -0.4 is 11.5 Å². The van der Waals surface area contributed by atoms with E-state index in [1.165, 1.54) is 13.8 Å². The maximum atomic E-state index is 11.5. The van der Waals surface area contributed by atoms with Crippen molar-refractivity contribution in [1.82, 2.24) is 0 Å². The number of Topliss-reactive ketones (excluding diaryl/α,β-unsaturated/α-hetero) is 3. The minimum absolute atomic E-state index is 0.234. The highest BCUT2D eigenvalue weighted by Gasteiger charge is 2.29. The Morgan fingerprint density at radius 2 is 1.73 bits per heavy atom. The second-order valence-corrected chi connectivity index (χ2v) is 3.67. The summed E-state index contributed by atoms with van der Waals surface area (Å²) in [4.78, 5) is 33.5. The molecule has 0 aliphatic rings. The zero-order valence-electron chi connectivity index (χ0n) is 9.16. The molecule has 0 saturated heterocycles. The van der Waals surface area contributed by atoms with Crippen molar-refractivity contribution in [2.24, 2.45) is 17.4 Å². The van der Waals surface area contributed by atoms with Gasteiger partial charge >= 0.3 is 0 Å². The van der Waals surface area contributed by atoms with Crippen LogP contribution in [0.5, 0.6) is 0 Å². The molecule has 0 aromatic rings. The fourth-order valence-electron chi connectivity index (χ4n) is 1.48. The van der Waals surface area contributed by atoms with E-state index in [-0.39, 0.29) is 18.0 Å². The first kappa shape index (κ1) is 13.9. The standard InChI is InChI=1S/C10H18N2O3/c1-6(13)5-9(15)10(7(2)14)8(12)3-4-11/h8,10H,3-5,11-12H2,1-2H3. The molecule has 86 valence electrons. The average Bonchev–Trinajstić information content (AvgIpc) is 2.01. The van der Waals surface area contributed by atoms with E-state index in [9.17, 15) is 14.4 Å². The lowest BCUT2D eigenvalue weighted by Crippen LogP contribution is -2.41. The predicted molar refractivity (Wildman–Crippen MR) is 56.1 cm³/mol. The van der Waals surface area contributed by atoms with Crippen LogP contribution in [0.3, 0.4) is 0 Å². The third-order valence-corrected chi connectivity index (χ3v) is 2.14. The molecule has 0 aromatic heterocycles. The van der Waals surface area contributed by atoms with E-state index in [0.29, 0.717) is 13.0 Å². The van der Waals surface area contributed by atoms with E-state index in [2.05, 4.69) is 0 Å². The molecule has 5 nitrogen and oxygen atoms in total. The van der Waals surface area contributed by atoms with Gasteiger partial charge in [0.2, 0.25) is 0 Å². The predicted octanol–water partition coefficient (Wildman–Crippen LogP) is -0.584. The number of rotatable bonds is 7. The normalized spacial score (nSPS) is 14.4. The van der Waals surface area contributed by atoms with Gasteiger partial charge in [0.15, 0.2) is 5.78 Å². The van der Waals surface area contributed by atoms with Crippen LogP contribution in [0.15, 0.2) is 0 Å². The Balaban J connectivity index is 4.58. The summed E-state index contributed by atoms with van der Waals surface area (Å²) in [6, 6.07) is -0.584. The van der Waals surface area contributed by atoms with E-state index in [1.54, 1.807) is 0 Å². The Morgan fingerprint density at radius 1 is 1.20 bits per heavy atom. The molecule has 4 N–H and O–H groups in total. The summed E-state index contributed by atoms with van der Waals surface area (Å²) in [6.07, 6.45) is 0.163. The van der Waals surface area contributed by atoms with Gasteiger partial charge in [-0.15, -0.1) is 0 Å². The second-order valence-electron chi connectivity index (χ2n) is 3.67. The van der Waals surface area contributed by atoms with Crippen molar-refractivity contribution in [3.8, 4) is 0 Å². The second kappa shape index (κ2) is 6.42. The molecule has 2 atom stereocenters. The van der Waals surface area contributed by atoms with Gasteiger partial charge in [-0.3, -0.25) is 14.4 Å². The lowest BCUT2D eigenvalue weighted by molar-refractivity contribution is -0.134. The van der Waals surface area contributed by atoms with Crippen molar-refractivity contribution in [2.75, 3.05) is 6.54 Å². The van der Waals surface area contributed by atoms with Gasteiger partial charge in [-0.2, -0.15) is 0 Å². The van der Waals surface area contributed by atoms with Crippen LogP contribution in [0.25, 0.3) is 0 Å². The fourth-order valence-corrected chi connectivity index (χ4v) is 1.48. The summed E-state index contributed by atoms with van der Waals surface area (Å²) < 4.78 is 0. The van der Waals surface area contributed by atoms with Gasteiger partial charge in [0, 0.05) is 6.04 Å². The van der Waals surface area contributed by atoms with E-state index in [0.717, 1.165) is 0 Å². The third kappa shape index (κ3) is 4.80. The Bertz CT molecular complexity index is 263. The molecular formula is C10H18N2O3. The van der Waals surface area contributed by atoms with Gasteiger partial charge in [-0.05, 0) is 26.8 Å². The number of carbonyl (C=O) groups is 3. The SMILES string of the molecule is CC(=O)CC(=O)C(C(C)=O)C(N)CCN. The summed E-state index contributed by atoms with van der Waals surface area (Å²) in [6.45, 7) is 2.93. The third-order valence-electron chi connectivity index (χ3n) is 2.14. The summed E-state index contributed by atoms with van der Waals surface area (Å²) in [7, 11) is 0. The van der Waals surface area contributed by atoms with Crippen LogP contribution in [0, 0.1) is 5.92 Å². The molecule has 0 spiro atoms. The number of nitrogens with two attached hydrogens (primary N) is 2. The monoisotopic (exact) mass is 214 g/mol. The zero-order chi connectivity index (χ0) is 12.0. The van der Waals surface area contributed by atoms with Crippen molar-refractivity contribution in [2.45, 2.75) is 32.7 Å². The van der Waals surface area contributed by atoms with Gasteiger partial charge in [0.1, 0.15) is 11.6 Å². The summed E-state index contributed by atoms with van der Waals surface area (Å²) in [5, 5.41) is 0. The van der Waals surface area contributed by atoms with Crippen molar-refractivity contribution in [3.63, 3.8) is 0 Å². The molecule has 5 heteroatoms. The fraction of sp³-hybridized carbons (Fsp3) is 0.700. The quantitative estimate of drug-likeness (QED) is 0.552. The van der Waals surface area contributed by atoms with E-state index in [1.807, 2.05) is 0 Å². The van der Waals surface area contributed by atoms with Crippen LogP contribution in [0.4, 0.5) is 0 Å². The van der Waals surface area contributed by atoms with Gasteiger partial charge < -0.3 is 11.5 Å². The van der Waals surface area contributed by atoms with Gasteiger partial charge in [-0.1, -0.05) is 0 Å². The van der Waals surface area contributed by atoms with Crippen molar-refractivity contribution < 1.29 is 14.4 Å². The van der Waals surface area contributed by atoms with Crippen molar-refractivity contribution >= 4 is 17.3 Å². The summed E-state index contributed by atoms with van der Waals surface area (Å²) in [5.74, 6) is -1.86. The Labute approximate surface area is 89.2 Å². The molecule has 0 heterocycles. The Hall–Kier alpha value is -1.07. The summed E-state index contributed by atoms with van der Waals surface area (Å²) in [5.41, 5.74) is 11.0. The van der Waals surface area contributed by atoms with E-state index < -0.39 is 17.7 Å². The van der Waals surface area contributed by atoms with Crippen LogP contribution in [0.1, 0.15) is 26.7 Å². The molecule has 0 aliphatic heterocycles.